The number of ether oxygens (including phenoxy) is 1. The van der Waals surface area contributed by atoms with Crippen molar-refractivity contribution in [1.82, 2.24) is 5.32 Å². The molecule has 4 nitrogen and oxygen atoms in total. The second kappa shape index (κ2) is 7.84. The number of carbonyl (C=O) groups is 1. The molecule has 5 heteroatoms. The first-order valence-electron chi connectivity index (χ1n) is 8.00. The fraction of sp³-hybridized carbons (Fsp3) is 0.588. The van der Waals surface area contributed by atoms with E-state index in [1.54, 1.807) is 0 Å². The number of hydrogen-bond donors (Lipinski definition) is 2. The summed E-state index contributed by atoms with van der Waals surface area (Å²) in [6.07, 6.45) is 5.77. The average molecular weight is 325 g/mol. The van der Waals surface area contributed by atoms with E-state index >= 15 is 0 Å². The number of amides is 1. The molecule has 3 N–H and O–H groups in total. The molecule has 0 radical (unpaired) electrons. The van der Waals surface area contributed by atoms with E-state index in [0.717, 1.165) is 25.9 Å². The van der Waals surface area contributed by atoms with E-state index in [1.807, 2.05) is 24.3 Å². The van der Waals surface area contributed by atoms with Gasteiger partial charge in [-0.25, -0.2) is 0 Å². The number of carbonyl (C=O) groups excluding carboxylic acids is 1. The number of benzene rings is 1. The van der Waals surface area contributed by atoms with E-state index in [0.29, 0.717) is 29.7 Å². The second-order valence-corrected chi connectivity index (χ2v) is 6.26. The van der Waals surface area contributed by atoms with Crippen molar-refractivity contribution in [3.63, 3.8) is 0 Å². The standard InChI is InChI=1S/C17H24N2O2.ClH/c18-10-13-4-3-6-15(13)19-17(20)14-5-1-2-7-16(14)21-11-12-8-9-12;/h1-2,5,7,12-13,15H,3-4,6,8-11,18H2,(H,19,20);1H. The zero-order valence-electron chi connectivity index (χ0n) is 12.8. The highest BCUT2D eigenvalue weighted by atomic mass is 35.5. The summed E-state index contributed by atoms with van der Waals surface area (Å²) in [5.41, 5.74) is 6.42. The molecule has 3 rings (SSSR count). The topological polar surface area (TPSA) is 64.3 Å². The minimum atomic E-state index is -0.0354. The fourth-order valence-electron chi connectivity index (χ4n) is 3.03. The lowest BCUT2D eigenvalue weighted by Crippen LogP contribution is -2.40. The molecule has 1 aromatic carbocycles. The van der Waals surface area contributed by atoms with Crippen molar-refractivity contribution in [3.05, 3.63) is 29.8 Å². The normalized spacial score (nSPS) is 23.7. The highest BCUT2D eigenvalue weighted by Gasteiger charge is 2.28. The second-order valence-electron chi connectivity index (χ2n) is 6.26. The fourth-order valence-corrected chi connectivity index (χ4v) is 3.03. The zero-order chi connectivity index (χ0) is 14.7. The molecular weight excluding hydrogens is 300 g/mol. The molecule has 0 aromatic heterocycles. The van der Waals surface area contributed by atoms with Crippen LogP contribution in [0, 0.1) is 11.8 Å². The molecule has 2 fully saturated rings. The highest BCUT2D eigenvalue weighted by Crippen LogP contribution is 2.30. The Hall–Kier alpha value is -1.26. The van der Waals surface area contributed by atoms with E-state index in [9.17, 15) is 4.79 Å². The van der Waals surface area contributed by atoms with E-state index in [1.165, 1.54) is 12.8 Å². The minimum Gasteiger partial charge on any atom is -0.492 e. The Morgan fingerprint density at radius 1 is 1.23 bits per heavy atom. The van der Waals surface area contributed by atoms with E-state index in [2.05, 4.69) is 5.32 Å². The van der Waals surface area contributed by atoms with Gasteiger partial charge in [0.05, 0.1) is 12.2 Å². The van der Waals surface area contributed by atoms with Gasteiger partial charge in [0, 0.05) is 6.04 Å². The lowest BCUT2D eigenvalue weighted by Gasteiger charge is -2.20. The van der Waals surface area contributed by atoms with Gasteiger partial charge >= 0.3 is 0 Å². The van der Waals surface area contributed by atoms with Crippen LogP contribution in [-0.2, 0) is 0 Å². The summed E-state index contributed by atoms with van der Waals surface area (Å²) in [4.78, 5) is 12.5. The Kier molecular flexibility index (Phi) is 6.09. The summed E-state index contributed by atoms with van der Waals surface area (Å²) < 4.78 is 5.81. The Balaban J connectivity index is 0.00000176. The molecular formula is C17H25ClN2O2. The summed E-state index contributed by atoms with van der Waals surface area (Å²) in [5.74, 6) is 1.75. The number of halogens is 1. The van der Waals surface area contributed by atoms with Crippen molar-refractivity contribution in [3.8, 4) is 5.75 Å². The Morgan fingerprint density at radius 2 is 2.00 bits per heavy atom. The molecule has 2 unspecified atom stereocenters. The van der Waals surface area contributed by atoms with Gasteiger partial charge in [-0.15, -0.1) is 12.4 Å². The number of rotatable bonds is 6. The highest BCUT2D eigenvalue weighted by molar-refractivity contribution is 5.97. The third-order valence-electron chi connectivity index (χ3n) is 4.58. The summed E-state index contributed by atoms with van der Waals surface area (Å²) in [6, 6.07) is 7.72. The van der Waals surface area contributed by atoms with Crippen molar-refractivity contribution >= 4 is 18.3 Å². The van der Waals surface area contributed by atoms with Crippen LogP contribution in [0.4, 0.5) is 0 Å². The molecule has 0 heterocycles. The molecule has 2 aliphatic rings. The van der Waals surface area contributed by atoms with Crippen LogP contribution in [0.15, 0.2) is 24.3 Å². The molecule has 0 saturated heterocycles. The van der Waals surface area contributed by atoms with Crippen molar-refractivity contribution in [2.45, 2.75) is 38.1 Å². The zero-order valence-corrected chi connectivity index (χ0v) is 13.6. The Morgan fingerprint density at radius 3 is 2.73 bits per heavy atom. The number of nitrogens with two attached hydrogens (primary N) is 1. The van der Waals surface area contributed by atoms with Gasteiger partial charge in [-0.2, -0.15) is 0 Å². The first kappa shape index (κ1) is 17.1. The SMILES string of the molecule is Cl.NCC1CCCC1NC(=O)c1ccccc1OCC1CC1. The predicted octanol–water partition coefficient (Wildman–Crippen LogP) is 2.75. The smallest absolute Gasteiger partial charge is 0.255 e. The number of hydrogen-bond acceptors (Lipinski definition) is 3. The average Bonchev–Trinajstić information content (AvgIpc) is 3.24. The summed E-state index contributed by atoms with van der Waals surface area (Å²) in [7, 11) is 0. The molecule has 1 aromatic rings. The van der Waals surface area contributed by atoms with Crippen LogP contribution in [0.2, 0.25) is 0 Å². The van der Waals surface area contributed by atoms with Crippen LogP contribution in [0.3, 0.4) is 0 Å². The van der Waals surface area contributed by atoms with Gasteiger partial charge in [0.15, 0.2) is 0 Å². The molecule has 2 aliphatic carbocycles. The first-order valence-corrected chi connectivity index (χ1v) is 8.00. The third-order valence-corrected chi connectivity index (χ3v) is 4.58. The van der Waals surface area contributed by atoms with Crippen molar-refractivity contribution in [2.75, 3.05) is 13.2 Å². The van der Waals surface area contributed by atoms with Gasteiger partial charge in [0.2, 0.25) is 0 Å². The van der Waals surface area contributed by atoms with Gasteiger partial charge in [-0.05, 0) is 56.2 Å². The van der Waals surface area contributed by atoms with Crippen LogP contribution >= 0.6 is 12.4 Å². The van der Waals surface area contributed by atoms with Crippen LogP contribution < -0.4 is 15.8 Å². The maximum atomic E-state index is 12.5. The van der Waals surface area contributed by atoms with Crippen molar-refractivity contribution in [2.24, 2.45) is 17.6 Å². The van der Waals surface area contributed by atoms with Crippen LogP contribution in [-0.4, -0.2) is 25.1 Å². The summed E-state index contributed by atoms with van der Waals surface area (Å²) in [6.45, 7) is 1.37. The third kappa shape index (κ3) is 4.14. The monoisotopic (exact) mass is 324 g/mol. The van der Waals surface area contributed by atoms with Crippen LogP contribution in [0.1, 0.15) is 42.5 Å². The summed E-state index contributed by atoms with van der Waals surface area (Å²) in [5, 5.41) is 3.14. The number of para-hydroxylation sites is 1. The minimum absolute atomic E-state index is 0. The molecule has 0 spiro atoms. The Bertz CT molecular complexity index is 505. The van der Waals surface area contributed by atoms with E-state index < -0.39 is 0 Å². The maximum Gasteiger partial charge on any atom is 0.255 e. The molecule has 1 amide bonds. The number of nitrogens with one attached hydrogen (secondary N) is 1. The molecule has 22 heavy (non-hydrogen) atoms. The molecule has 2 atom stereocenters. The Labute approximate surface area is 138 Å². The largest absolute Gasteiger partial charge is 0.492 e. The van der Waals surface area contributed by atoms with Gasteiger partial charge in [-0.3, -0.25) is 4.79 Å². The van der Waals surface area contributed by atoms with Gasteiger partial charge in [0.25, 0.3) is 5.91 Å². The molecule has 122 valence electrons. The lowest BCUT2D eigenvalue weighted by molar-refractivity contribution is 0.0924. The first-order chi connectivity index (χ1) is 10.3. The van der Waals surface area contributed by atoms with Crippen molar-refractivity contribution < 1.29 is 9.53 Å². The quantitative estimate of drug-likeness (QED) is 0.845. The van der Waals surface area contributed by atoms with Gasteiger partial charge in [0.1, 0.15) is 5.75 Å². The van der Waals surface area contributed by atoms with E-state index in [4.69, 9.17) is 10.5 Å². The lowest BCUT2D eigenvalue weighted by atomic mass is 10.0. The molecule has 2 saturated carbocycles. The molecule has 0 bridgehead atoms. The van der Waals surface area contributed by atoms with E-state index in [-0.39, 0.29) is 24.4 Å². The van der Waals surface area contributed by atoms with Gasteiger partial charge < -0.3 is 15.8 Å². The summed E-state index contributed by atoms with van der Waals surface area (Å²) >= 11 is 0. The molecule has 0 aliphatic heterocycles. The van der Waals surface area contributed by atoms with Crippen LogP contribution in [0.5, 0.6) is 5.75 Å². The van der Waals surface area contributed by atoms with Crippen LogP contribution in [0.25, 0.3) is 0 Å². The maximum absolute atomic E-state index is 12.5. The van der Waals surface area contributed by atoms with Crippen molar-refractivity contribution in [1.29, 1.82) is 0 Å². The van der Waals surface area contributed by atoms with Gasteiger partial charge in [-0.1, -0.05) is 18.6 Å². The predicted molar refractivity (Wildman–Crippen MR) is 89.6 cm³/mol.